The van der Waals surface area contributed by atoms with E-state index in [0.29, 0.717) is 29.9 Å². The van der Waals surface area contributed by atoms with E-state index in [0.717, 1.165) is 23.2 Å². The van der Waals surface area contributed by atoms with Crippen molar-refractivity contribution in [2.24, 2.45) is 10.9 Å². The van der Waals surface area contributed by atoms with E-state index in [-0.39, 0.29) is 18.5 Å². The van der Waals surface area contributed by atoms with Gasteiger partial charge in [0.2, 0.25) is 0 Å². The molecule has 0 bridgehead atoms. The molecule has 0 fully saturated rings. The van der Waals surface area contributed by atoms with Crippen LogP contribution in [-0.4, -0.2) is 12.8 Å². The number of nitrogens with one attached hydrogen (secondary N) is 1. The highest BCUT2D eigenvalue weighted by Gasteiger charge is 2.37. The van der Waals surface area contributed by atoms with Crippen molar-refractivity contribution in [2.75, 3.05) is 11.9 Å². The molecule has 1 aliphatic carbocycles. The third-order valence-corrected chi connectivity index (χ3v) is 7.44. The van der Waals surface area contributed by atoms with Gasteiger partial charge in [0, 0.05) is 17.8 Å². The summed E-state index contributed by atoms with van der Waals surface area (Å²) in [6.45, 7) is 2.70. The molecule has 1 aliphatic heterocycles. The van der Waals surface area contributed by atoms with Crippen molar-refractivity contribution in [2.45, 2.75) is 31.9 Å². The van der Waals surface area contributed by atoms with E-state index >= 15 is 0 Å². The Morgan fingerprint density at radius 2 is 1.79 bits per heavy atom. The van der Waals surface area contributed by atoms with E-state index in [1.807, 2.05) is 37.4 Å². The molecule has 4 aromatic rings. The molecule has 0 saturated heterocycles. The van der Waals surface area contributed by atoms with Crippen LogP contribution < -0.4 is 14.8 Å². The van der Waals surface area contributed by atoms with Crippen LogP contribution >= 0.6 is 0 Å². The third kappa shape index (κ3) is 5.44. The Labute approximate surface area is 228 Å². The molecule has 0 unspecified atom stereocenters. The van der Waals surface area contributed by atoms with Crippen LogP contribution in [0.15, 0.2) is 108 Å². The zero-order valence-corrected chi connectivity index (χ0v) is 21.9. The summed E-state index contributed by atoms with van der Waals surface area (Å²) in [5.74, 6) is 1.96. The highest BCUT2D eigenvalue weighted by Crippen LogP contribution is 2.49. The SMILES string of the molecule is CCOc1cc(C=Nc2ccc([C@@H]3Nc4ccccc4[C@H]4C=CC[C@@H]43)cc2)ccc1OCc1cccc(F)c1. The summed E-state index contributed by atoms with van der Waals surface area (Å²) in [6.07, 6.45) is 7.60. The fraction of sp³-hybridized carbons (Fsp3) is 0.206. The number of nitrogens with zero attached hydrogens (tertiary/aromatic N) is 1. The van der Waals surface area contributed by atoms with E-state index in [1.165, 1.54) is 28.9 Å². The Balaban J connectivity index is 1.15. The second kappa shape index (κ2) is 11.2. The number of para-hydroxylation sites is 1. The summed E-state index contributed by atoms with van der Waals surface area (Å²) in [5, 5.41) is 3.79. The minimum absolute atomic E-state index is 0.261. The number of rotatable bonds is 8. The molecule has 4 nitrogen and oxygen atoms in total. The number of hydrogen-bond acceptors (Lipinski definition) is 4. The number of hydrogen-bond donors (Lipinski definition) is 1. The standard InChI is InChI=1S/C34H31FN2O2/c1-2-38-33-20-23(13-18-32(33)39-22-24-7-5-8-26(35)19-24)21-36-27-16-14-25(15-17-27)34-30-11-6-10-28(30)29-9-3-4-12-31(29)37-34/h3-10,12-21,28,30,34,37H,2,11,22H2,1H3/t28-,30+,34+/m1/s1. The molecule has 0 saturated carbocycles. The second-order valence-electron chi connectivity index (χ2n) is 9.97. The maximum Gasteiger partial charge on any atom is 0.161 e. The van der Waals surface area contributed by atoms with Gasteiger partial charge < -0.3 is 14.8 Å². The number of fused-ring (bicyclic) bond motifs is 3. The molecule has 2 aliphatic rings. The maximum atomic E-state index is 13.5. The van der Waals surface area contributed by atoms with Gasteiger partial charge in [-0.3, -0.25) is 4.99 Å². The first-order valence-corrected chi connectivity index (χ1v) is 13.5. The third-order valence-electron chi connectivity index (χ3n) is 7.44. The number of ether oxygens (including phenoxy) is 2. The van der Waals surface area contributed by atoms with Gasteiger partial charge in [-0.2, -0.15) is 0 Å². The van der Waals surface area contributed by atoms with Gasteiger partial charge in [0.05, 0.1) is 18.3 Å². The van der Waals surface area contributed by atoms with E-state index in [1.54, 1.807) is 6.07 Å². The van der Waals surface area contributed by atoms with Crippen molar-refractivity contribution < 1.29 is 13.9 Å². The van der Waals surface area contributed by atoms with Crippen molar-refractivity contribution in [3.8, 4) is 11.5 Å². The minimum atomic E-state index is -0.277. The zero-order valence-electron chi connectivity index (χ0n) is 21.9. The Kier molecular flexibility index (Phi) is 7.13. The molecule has 0 aromatic heterocycles. The van der Waals surface area contributed by atoms with Crippen molar-refractivity contribution in [1.29, 1.82) is 0 Å². The van der Waals surface area contributed by atoms with Crippen LogP contribution in [0.1, 0.15) is 47.6 Å². The topological polar surface area (TPSA) is 42.8 Å². The summed E-state index contributed by atoms with van der Waals surface area (Å²) in [7, 11) is 0. The molecular formula is C34H31FN2O2. The summed E-state index contributed by atoms with van der Waals surface area (Å²) in [6, 6.07) is 29.6. The predicted molar refractivity (Wildman–Crippen MR) is 155 cm³/mol. The molecule has 0 amide bonds. The van der Waals surface area contributed by atoms with Gasteiger partial charge in [0.1, 0.15) is 12.4 Å². The quantitative estimate of drug-likeness (QED) is 0.188. The largest absolute Gasteiger partial charge is 0.490 e. The van der Waals surface area contributed by atoms with Gasteiger partial charge in [-0.1, -0.05) is 54.6 Å². The van der Waals surface area contributed by atoms with Crippen LogP contribution in [0, 0.1) is 11.7 Å². The van der Waals surface area contributed by atoms with E-state index in [4.69, 9.17) is 14.5 Å². The first-order chi connectivity index (χ1) is 19.2. The molecular weight excluding hydrogens is 487 g/mol. The molecule has 4 aromatic carbocycles. The normalized spacial score (nSPS) is 19.4. The van der Waals surface area contributed by atoms with Crippen LogP contribution in [0.3, 0.4) is 0 Å². The van der Waals surface area contributed by atoms with Gasteiger partial charge >= 0.3 is 0 Å². The number of anilines is 1. The fourth-order valence-corrected chi connectivity index (χ4v) is 5.57. The Morgan fingerprint density at radius 3 is 2.64 bits per heavy atom. The zero-order chi connectivity index (χ0) is 26.6. The van der Waals surface area contributed by atoms with E-state index in [2.05, 4.69) is 66.0 Å². The van der Waals surface area contributed by atoms with Crippen molar-refractivity contribution in [1.82, 2.24) is 0 Å². The molecule has 3 atom stereocenters. The van der Waals surface area contributed by atoms with E-state index < -0.39 is 0 Å². The first-order valence-electron chi connectivity index (χ1n) is 13.5. The molecule has 0 radical (unpaired) electrons. The van der Waals surface area contributed by atoms with Crippen molar-refractivity contribution >= 4 is 17.6 Å². The summed E-state index contributed by atoms with van der Waals surface area (Å²) in [5.41, 5.74) is 6.46. The van der Waals surface area contributed by atoms with Crippen molar-refractivity contribution in [3.05, 3.63) is 131 Å². The molecule has 5 heteroatoms. The van der Waals surface area contributed by atoms with Crippen LogP contribution in [0.2, 0.25) is 0 Å². The van der Waals surface area contributed by atoms with Gasteiger partial charge in [-0.15, -0.1) is 0 Å². The van der Waals surface area contributed by atoms with Gasteiger partial charge in [-0.05, 0) is 90.0 Å². The van der Waals surface area contributed by atoms with Gasteiger partial charge in [-0.25, -0.2) is 4.39 Å². The lowest BCUT2D eigenvalue weighted by atomic mass is 9.77. The average molecular weight is 519 g/mol. The van der Waals surface area contributed by atoms with Crippen LogP contribution in [0.4, 0.5) is 15.8 Å². The molecule has 1 heterocycles. The average Bonchev–Trinajstić information content (AvgIpc) is 3.46. The molecule has 39 heavy (non-hydrogen) atoms. The molecule has 1 N–H and O–H groups in total. The second-order valence-corrected chi connectivity index (χ2v) is 9.97. The molecule has 196 valence electrons. The number of halogens is 1. The lowest BCUT2D eigenvalue weighted by Crippen LogP contribution is -2.28. The number of allylic oxidation sites excluding steroid dienone is 2. The number of aliphatic imine (C=N–C) groups is 1. The highest BCUT2D eigenvalue weighted by molar-refractivity contribution is 5.83. The lowest BCUT2D eigenvalue weighted by molar-refractivity contribution is 0.269. The minimum Gasteiger partial charge on any atom is -0.490 e. The van der Waals surface area contributed by atoms with Crippen LogP contribution in [0.25, 0.3) is 0 Å². The van der Waals surface area contributed by atoms with Crippen LogP contribution in [0.5, 0.6) is 11.5 Å². The highest BCUT2D eigenvalue weighted by atomic mass is 19.1. The van der Waals surface area contributed by atoms with E-state index in [9.17, 15) is 4.39 Å². The lowest BCUT2D eigenvalue weighted by Gasteiger charge is -2.37. The Hall–Kier alpha value is -4.38. The summed E-state index contributed by atoms with van der Waals surface area (Å²) >= 11 is 0. The summed E-state index contributed by atoms with van der Waals surface area (Å²) < 4.78 is 25.2. The molecule has 0 spiro atoms. The van der Waals surface area contributed by atoms with Crippen molar-refractivity contribution in [3.63, 3.8) is 0 Å². The van der Waals surface area contributed by atoms with Gasteiger partial charge in [0.15, 0.2) is 11.5 Å². The predicted octanol–water partition coefficient (Wildman–Crippen LogP) is 8.38. The monoisotopic (exact) mass is 518 g/mol. The smallest absolute Gasteiger partial charge is 0.161 e. The first kappa shape index (κ1) is 24.9. The Bertz CT molecular complexity index is 1510. The van der Waals surface area contributed by atoms with Crippen LogP contribution in [-0.2, 0) is 6.61 Å². The fourth-order valence-electron chi connectivity index (χ4n) is 5.57. The maximum absolute atomic E-state index is 13.5. The molecule has 6 rings (SSSR count). The number of benzene rings is 4. The Morgan fingerprint density at radius 1 is 0.923 bits per heavy atom. The van der Waals surface area contributed by atoms with Gasteiger partial charge in [0.25, 0.3) is 0 Å². The summed E-state index contributed by atoms with van der Waals surface area (Å²) in [4.78, 5) is 4.70.